The predicted molar refractivity (Wildman–Crippen MR) is 89.7 cm³/mol. The maximum Gasteiger partial charge on any atom is 0.236 e. The first-order valence-corrected chi connectivity index (χ1v) is 8.78. The van der Waals surface area contributed by atoms with Crippen LogP contribution in [0.2, 0.25) is 0 Å². The lowest BCUT2D eigenvalue weighted by atomic mass is 10.0. The lowest BCUT2D eigenvalue weighted by molar-refractivity contribution is -0.134. The van der Waals surface area contributed by atoms with E-state index in [-0.39, 0.29) is 0 Å². The van der Waals surface area contributed by atoms with Crippen LogP contribution in [0.5, 0.6) is 0 Å². The van der Waals surface area contributed by atoms with Crippen molar-refractivity contribution in [2.45, 2.75) is 45.1 Å². The summed E-state index contributed by atoms with van der Waals surface area (Å²) in [6.45, 7) is 5.86. The molecule has 0 N–H and O–H groups in total. The highest BCUT2D eigenvalue weighted by Gasteiger charge is 2.29. The topological polar surface area (TPSA) is 23.6 Å². The molecule has 3 heteroatoms. The first kappa shape index (κ1) is 15.5. The second-order valence-electron chi connectivity index (χ2n) is 7.04. The molecule has 2 aliphatic heterocycles. The van der Waals surface area contributed by atoms with Gasteiger partial charge in [0.05, 0.1) is 6.54 Å². The third-order valence-electron chi connectivity index (χ3n) is 5.16. The van der Waals surface area contributed by atoms with Crippen molar-refractivity contribution in [3.05, 3.63) is 35.9 Å². The summed E-state index contributed by atoms with van der Waals surface area (Å²) in [5.74, 6) is 1.00. The first-order valence-electron chi connectivity index (χ1n) is 8.78. The van der Waals surface area contributed by atoms with Gasteiger partial charge in [0.1, 0.15) is 0 Å². The SMILES string of the molecule is CC1CCCN(C(=O)CN2CCCC2Cc2ccccc2)C1. The number of rotatable bonds is 4. The fourth-order valence-corrected chi connectivity index (χ4v) is 3.91. The predicted octanol–water partition coefficient (Wildman–Crippen LogP) is 2.95. The Morgan fingerprint density at radius 3 is 2.68 bits per heavy atom. The quantitative estimate of drug-likeness (QED) is 0.853. The number of hydrogen-bond donors (Lipinski definition) is 0. The largest absolute Gasteiger partial charge is 0.341 e. The molecule has 2 saturated heterocycles. The molecular weight excluding hydrogens is 272 g/mol. The van der Waals surface area contributed by atoms with Crippen molar-refractivity contribution in [2.75, 3.05) is 26.2 Å². The van der Waals surface area contributed by atoms with Gasteiger partial charge in [-0.05, 0) is 50.1 Å². The molecule has 2 unspecified atom stereocenters. The second-order valence-corrected chi connectivity index (χ2v) is 7.04. The van der Waals surface area contributed by atoms with Crippen LogP contribution >= 0.6 is 0 Å². The van der Waals surface area contributed by atoms with Crippen LogP contribution in [0.1, 0.15) is 38.2 Å². The van der Waals surface area contributed by atoms with Crippen LogP contribution in [0, 0.1) is 5.92 Å². The highest BCUT2D eigenvalue weighted by molar-refractivity contribution is 5.78. The fourth-order valence-electron chi connectivity index (χ4n) is 3.91. The van der Waals surface area contributed by atoms with Crippen LogP contribution in [0.3, 0.4) is 0 Å². The van der Waals surface area contributed by atoms with E-state index in [1.807, 2.05) is 0 Å². The number of amides is 1. The van der Waals surface area contributed by atoms with Crippen LogP contribution in [0.4, 0.5) is 0 Å². The van der Waals surface area contributed by atoms with Gasteiger partial charge in [-0.1, -0.05) is 37.3 Å². The average Bonchev–Trinajstić information content (AvgIpc) is 2.95. The number of hydrogen-bond acceptors (Lipinski definition) is 2. The molecule has 2 fully saturated rings. The van der Waals surface area contributed by atoms with Crippen molar-refractivity contribution in [1.82, 2.24) is 9.80 Å². The molecule has 22 heavy (non-hydrogen) atoms. The smallest absolute Gasteiger partial charge is 0.236 e. The zero-order valence-corrected chi connectivity index (χ0v) is 13.7. The maximum absolute atomic E-state index is 12.6. The maximum atomic E-state index is 12.6. The van der Waals surface area contributed by atoms with Crippen LogP contribution in [0.15, 0.2) is 30.3 Å². The van der Waals surface area contributed by atoms with Gasteiger partial charge >= 0.3 is 0 Å². The number of likely N-dealkylation sites (tertiary alicyclic amines) is 2. The molecule has 3 nitrogen and oxygen atoms in total. The summed E-state index contributed by atoms with van der Waals surface area (Å²) in [5.41, 5.74) is 1.39. The molecule has 0 spiro atoms. The van der Waals surface area contributed by atoms with E-state index < -0.39 is 0 Å². The van der Waals surface area contributed by atoms with E-state index in [9.17, 15) is 4.79 Å². The third kappa shape index (κ3) is 3.89. The first-order chi connectivity index (χ1) is 10.7. The zero-order valence-electron chi connectivity index (χ0n) is 13.7. The Balaban J connectivity index is 1.55. The number of nitrogens with zero attached hydrogens (tertiary/aromatic N) is 2. The van der Waals surface area contributed by atoms with Crippen LogP contribution in [-0.4, -0.2) is 47.9 Å². The molecule has 1 amide bonds. The molecule has 120 valence electrons. The van der Waals surface area contributed by atoms with E-state index in [0.29, 0.717) is 24.4 Å². The Hall–Kier alpha value is -1.35. The lowest BCUT2D eigenvalue weighted by Gasteiger charge is -2.33. The van der Waals surface area contributed by atoms with E-state index in [1.54, 1.807) is 0 Å². The normalized spacial score (nSPS) is 26.3. The molecule has 0 saturated carbocycles. The second kappa shape index (κ2) is 7.28. The number of benzene rings is 1. The van der Waals surface area contributed by atoms with Gasteiger partial charge < -0.3 is 4.90 Å². The number of carbonyl (C=O) groups excluding carboxylic acids is 1. The van der Waals surface area contributed by atoms with Crippen molar-refractivity contribution < 1.29 is 4.79 Å². The minimum Gasteiger partial charge on any atom is -0.341 e. The fraction of sp³-hybridized carbons (Fsp3) is 0.632. The molecule has 0 radical (unpaired) electrons. The molecule has 2 atom stereocenters. The number of carbonyl (C=O) groups is 1. The highest BCUT2D eigenvalue weighted by Crippen LogP contribution is 2.22. The monoisotopic (exact) mass is 300 g/mol. The highest BCUT2D eigenvalue weighted by atomic mass is 16.2. The van der Waals surface area contributed by atoms with E-state index in [1.165, 1.54) is 31.2 Å². The Kier molecular flexibility index (Phi) is 5.14. The molecule has 2 heterocycles. The lowest BCUT2D eigenvalue weighted by Crippen LogP contribution is -2.46. The molecule has 1 aromatic carbocycles. The van der Waals surface area contributed by atoms with Crippen molar-refractivity contribution in [3.63, 3.8) is 0 Å². The van der Waals surface area contributed by atoms with Gasteiger partial charge in [-0.25, -0.2) is 0 Å². The van der Waals surface area contributed by atoms with Crippen LogP contribution in [0.25, 0.3) is 0 Å². The minimum absolute atomic E-state index is 0.339. The van der Waals surface area contributed by atoms with Gasteiger partial charge in [0.25, 0.3) is 0 Å². The Labute approximate surface area is 134 Å². The van der Waals surface area contributed by atoms with Gasteiger partial charge in [-0.3, -0.25) is 9.69 Å². The van der Waals surface area contributed by atoms with Gasteiger partial charge in [-0.15, -0.1) is 0 Å². The number of piperidine rings is 1. The minimum atomic E-state index is 0.339. The summed E-state index contributed by atoms with van der Waals surface area (Å²) in [6, 6.07) is 11.2. The summed E-state index contributed by atoms with van der Waals surface area (Å²) < 4.78 is 0. The summed E-state index contributed by atoms with van der Waals surface area (Å²) in [6.07, 6.45) is 5.95. The molecular formula is C19H28N2O. The Morgan fingerprint density at radius 1 is 1.14 bits per heavy atom. The van der Waals surface area contributed by atoms with Crippen molar-refractivity contribution in [3.8, 4) is 0 Å². The molecule has 3 rings (SSSR count). The van der Waals surface area contributed by atoms with Crippen LogP contribution in [-0.2, 0) is 11.2 Å². The Bertz CT molecular complexity index is 487. The van der Waals surface area contributed by atoms with Gasteiger partial charge in [0.2, 0.25) is 5.91 Å². The zero-order chi connectivity index (χ0) is 15.4. The van der Waals surface area contributed by atoms with Gasteiger partial charge in [0, 0.05) is 19.1 Å². The van der Waals surface area contributed by atoms with E-state index in [2.05, 4.69) is 47.1 Å². The van der Waals surface area contributed by atoms with Crippen molar-refractivity contribution >= 4 is 5.91 Å². The molecule has 0 bridgehead atoms. The molecule has 2 aliphatic rings. The Morgan fingerprint density at radius 2 is 1.91 bits per heavy atom. The van der Waals surface area contributed by atoms with E-state index >= 15 is 0 Å². The van der Waals surface area contributed by atoms with Gasteiger partial charge in [0.15, 0.2) is 0 Å². The van der Waals surface area contributed by atoms with Crippen molar-refractivity contribution in [2.24, 2.45) is 5.92 Å². The summed E-state index contributed by atoms with van der Waals surface area (Å²) >= 11 is 0. The summed E-state index contributed by atoms with van der Waals surface area (Å²) in [7, 11) is 0. The van der Waals surface area contributed by atoms with Crippen molar-refractivity contribution in [1.29, 1.82) is 0 Å². The third-order valence-corrected chi connectivity index (χ3v) is 5.16. The molecule has 0 aromatic heterocycles. The standard InChI is InChI=1S/C19H28N2O/c1-16-7-5-12-21(14-16)19(22)15-20-11-6-10-18(20)13-17-8-3-2-4-9-17/h2-4,8-9,16,18H,5-7,10-15H2,1H3. The molecule has 0 aliphatic carbocycles. The van der Waals surface area contributed by atoms with E-state index in [0.717, 1.165) is 26.1 Å². The van der Waals surface area contributed by atoms with Gasteiger partial charge in [-0.2, -0.15) is 0 Å². The molecule has 1 aromatic rings. The van der Waals surface area contributed by atoms with Crippen LogP contribution < -0.4 is 0 Å². The summed E-state index contributed by atoms with van der Waals surface area (Å²) in [5, 5.41) is 0. The summed E-state index contributed by atoms with van der Waals surface area (Å²) in [4.78, 5) is 17.1. The average molecular weight is 300 g/mol. The van der Waals surface area contributed by atoms with E-state index in [4.69, 9.17) is 0 Å².